The van der Waals surface area contributed by atoms with Crippen molar-refractivity contribution >= 4 is 32.3 Å². The maximum Gasteiger partial charge on any atom is 0.0476 e. The Morgan fingerprint density at radius 3 is 2.56 bits per heavy atom. The van der Waals surface area contributed by atoms with Gasteiger partial charge in [-0.1, -0.05) is 22.5 Å². The molecule has 0 unspecified atom stereocenters. The van der Waals surface area contributed by atoms with Crippen molar-refractivity contribution in [2.24, 2.45) is 0 Å². The topological polar surface area (TPSA) is 9.23 Å². The molecule has 0 atom stereocenters. The van der Waals surface area contributed by atoms with Crippen LogP contribution in [-0.4, -0.2) is 18.5 Å². The summed E-state index contributed by atoms with van der Waals surface area (Å²) in [6.07, 6.45) is 2.39. The minimum atomic E-state index is 0.779. The molecule has 0 spiro atoms. The summed E-state index contributed by atoms with van der Waals surface area (Å²) in [5, 5.41) is 0.779. The fourth-order valence-corrected chi connectivity index (χ4v) is 3.38. The van der Waals surface area contributed by atoms with Crippen LogP contribution in [-0.2, 0) is 4.74 Å². The van der Waals surface area contributed by atoms with E-state index in [0.717, 1.165) is 18.5 Å². The first-order valence-corrected chi connectivity index (χ1v) is 6.24. The lowest BCUT2D eigenvalue weighted by Crippen LogP contribution is -2.16. The second-order valence-corrected chi connectivity index (χ2v) is 5.36. The molecule has 9 heavy (non-hydrogen) atoms. The lowest BCUT2D eigenvalue weighted by molar-refractivity contribution is 0.100. The Hall–Kier alpha value is 1.01. The average molecular weight is 182 g/mol. The Morgan fingerprint density at radius 1 is 1.33 bits per heavy atom. The Morgan fingerprint density at radius 2 is 2.00 bits per heavy atom. The van der Waals surface area contributed by atoms with Crippen LogP contribution >= 0.6 is 32.3 Å². The molecule has 1 aliphatic rings. The van der Waals surface area contributed by atoms with E-state index in [1.54, 1.807) is 9.83 Å². The normalized spacial score (nSPS) is 22.3. The van der Waals surface area contributed by atoms with E-state index in [9.17, 15) is 0 Å². The van der Waals surface area contributed by atoms with Gasteiger partial charge in [0.2, 0.25) is 0 Å². The third kappa shape index (κ3) is 3.07. The van der Waals surface area contributed by atoms with E-state index in [-0.39, 0.29) is 0 Å². The van der Waals surface area contributed by atoms with Crippen molar-refractivity contribution in [3.63, 3.8) is 0 Å². The van der Waals surface area contributed by atoms with Gasteiger partial charge in [0.15, 0.2) is 0 Å². The molecule has 0 radical (unpaired) electrons. The van der Waals surface area contributed by atoms with Gasteiger partial charge in [0.05, 0.1) is 0 Å². The molecule has 0 aromatic rings. The molecule has 0 aliphatic carbocycles. The molecule has 54 valence electrons. The highest BCUT2D eigenvalue weighted by molar-refractivity contribution is 9.05. The average Bonchev–Trinajstić information content (AvgIpc) is 1.91. The lowest BCUT2D eigenvalue weighted by atomic mass is 10.2. The van der Waals surface area contributed by atoms with E-state index in [1.807, 2.05) is 10.8 Å². The van der Waals surface area contributed by atoms with Crippen LogP contribution in [0.3, 0.4) is 0 Å². The fourth-order valence-electron chi connectivity index (χ4n) is 0.833. The quantitative estimate of drug-likeness (QED) is 0.519. The predicted octanol–water partition coefficient (Wildman–Crippen LogP) is 2.39. The summed E-state index contributed by atoms with van der Waals surface area (Å²) in [6, 6.07) is 0. The molecule has 1 rings (SSSR count). The van der Waals surface area contributed by atoms with Gasteiger partial charge in [-0.05, 0) is 22.7 Å². The second kappa shape index (κ2) is 4.77. The molecule has 0 N–H and O–H groups in total. The van der Waals surface area contributed by atoms with E-state index in [0.29, 0.717) is 0 Å². The zero-order valence-electron chi connectivity index (χ0n) is 5.08. The highest BCUT2D eigenvalue weighted by atomic mass is 33.5. The summed E-state index contributed by atoms with van der Waals surface area (Å²) >= 11 is 4.07. The van der Waals surface area contributed by atoms with Crippen LogP contribution < -0.4 is 0 Å². The van der Waals surface area contributed by atoms with Crippen molar-refractivity contribution in [3.05, 3.63) is 0 Å². The van der Waals surface area contributed by atoms with Crippen molar-refractivity contribution in [1.29, 1.82) is 0 Å². The summed E-state index contributed by atoms with van der Waals surface area (Å²) in [6.45, 7) is 1.87. The van der Waals surface area contributed by atoms with Gasteiger partial charge in [0, 0.05) is 18.5 Å². The molecular weight excluding hydrogens is 172 g/mol. The Labute approximate surface area is 68.5 Å². The van der Waals surface area contributed by atoms with Crippen molar-refractivity contribution < 1.29 is 4.74 Å². The number of ether oxygens (including phenoxy) is 1. The first kappa shape index (κ1) is 8.11. The minimum Gasteiger partial charge on any atom is -0.381 e. The van der Waals surface area contributed by atoms with E-state index < -0.39 is 0 Å². The molecule has 1 aliphatic heterocycles. The Balaban J connectivity index is 2.08. The van der Waals surface area contributed by atoms with Gasteiger partial charge in [-0.2, -0.15) is 0 Å². The standard InChI is InChI=1S/C5H10OS3/c7-9-8-5-1-3-6-4-2-5/h5,7H,1-4H2. The van der Waals surface area contributed by atoms with Crippen molar-refractivity contribution in [2.45, 2.75) is 18.1 Å². The summed E-state index contributed by atoms with van der Waals surface area (Å²) < 4.78 is 5.20. The third-order valence-corrected chi connectivity index (χ3v) is 4.03. The highest BCUT2D eigenvalue weighted by Gasteiger charge is 2.13. The zero-order chi connectivity index (χ0) is 6.53. The van der Waals surface area contributed by atoms with E-state index in [4.69, 9.17) is 4.74 Å². The number of thiol groups is 1. The molecule has 1 heterocycles. The largest absolute Gasteiger partial charge is 0.381 e. The van der Waals surface area contributed by atoms with Gasteiger partial charge in [-0.15, -0.1) is 0 Å². The van der Waals surface area contributed by atoms with Crippen LogP contribution in [0.5, 0.6) is 0 Å². The van der Waals surface area contributed by atoms with Crippen molar-refractivity contribution in [2.75, 3.05) is 13.2 Å². The van der Waals surface area contributed by atoms with Crippen LogP contribution in [0, 0.1) is 0 Å². The van der Waals surface area contributed by atoms with Crippen molar-refractivity contribution in [3.8, 4) is 0 Å². The predicted molar refractivity (Wildman–Crippen MR) is 48.0 cm³/mol. The first-order valence-electron chi connectivity index (χ1n) is 2.98. The summed E-state index contributed by atoms with van der Waals surface area (Å²) in [7, 11) is 3.42. The van der Waals surface area contributed by atoms with Gasteiger partial charge in [0.25, 0.3) is 0 Å². The van der Waals surface area contributed by atoms with E-state index in [1.165, 1.54) is 12.8 Å². The number of rotatable bonds is 2. The minimum absolute atomic E-state index is 0.779. The van der Waals surface area contributed by atoms with E-state index >= 15 is 0 Å². The van der Waals surface area contributed by atoms with Gasteiger partial charge in [-0.3, -0.25) is 0 Å². The third-order valence-electron chi connectivity index (χ3n) is 1.35. The Kier molecular flexibility index (Phi) is 4.30. The van der Waals surface area contributed by atoms with Crippen LogP contribution in [0.1, 0.15) is 12.8 Å². The lowest BCUT2D eigenvalue weighted by Gasteiger charge is -2.19. The van der Waals surface area contributed by atoms with Crippen molar-refractivity contribution in [1.82, 2.24) is 0 Å². The second-order valence-electron chi connectivity index (χ2n) is 1.98. The molecule has 0 aromatic carbocycles. The smallest absolute Gasteiger partial charge is 0.0476 e. The summed E-state index contributed by atoms with van der Waals surface area (Å²) in [5.74, 6) is 0. The molecule has 4 heteroatoms. The zero-order valence-corrected chi connectivity index (χ0v) is 7.61. The summed E-state index contributed by atoms with van der Waals surface area (Å²) in [5.41, 5.74) is 0. The molecule has 0 aromatic heterocycles. The Bertz CT molecular complexity index is 69.8. The number of hydrogen-bond acceptors (Lipinski definition) is 4. The van der Waals surface area contributed by atoms with E-state index in [2.05, 4.69) is 11.7 Å². The van der Waals surface area contributed by atoms with Crippen LogP contribution in [0.4, 0.5) is 0 Å². The molecule has 1 nitrogen and oxygen atoms in total. The number of hydrogen-bond donors (Lipinski definition) is 1. The molecular formula is C5H10OS3. The molecule has 0 saturated carbocycles. The van der Waals surface area contributed by atoms with Crippen LogP contribution in [0.2, 0.25) is 0 Å². The van der Waals surface area contributed by atoms with Gasteiger partial charge >= 0.3 is 0 Å². The summed E-state index contributed by atoms with van der Waals surface area (Å²) in [4.78, 5) is 0. The highest BCUT2D eigenvalue weighted by Crippen LogP contribution is 2.34. The fraction of sp³-hybridized carbons (Fsp3) is 1.00. The molecule has 0 bridgehead atoms. The van der Waals surface area contributed by atoms with Gasteiger partial charge in [0.1, 0.15) is 0 Å². The van der Waals surface area contributed by atoms with Crippen LogP contribution in [0.25, 0.3) is 0 Å². The first-order chi connectivity index (χ1) is 4.43. The van der Waals surface area contributed by atoms with Gasteiger partial charge in [-0.25, -0.2) is 0 Å². The monoisotopic (exact) mass is 182 g/mol. The maximum atomic E-state index is 5.20. The maximum absolute atomic E-state index is 5.20. The van der Waals surface area contributed by atoms with Crippen LogP contribution in [0.15, 0.2) is 0 Å². The van der Waals surface area contributed by atoms with Gasteiger partial charge < -0.3 is 4.74 Å². The molecule has 1 fully saturated rings. The molecule has 0 amide bonds. The SMILES string of the molecule is SSSC1CCOCC1. The molecule has 1 saturated heterocycles.